The molecule has 1 aliphatic rings. The van der Waals surface area contributed by atoms with Gasteiger partial charge in [0.05, 0.1) is 6.10 Å². The lowest BCUT2D eigenvalue weighted by Gasteiger charge is -2.14. The fourth-order valence-electron chi connectivity index (χ4n) is 1.84. The predicted octanol–water partition coefficient (Wildman–Crippen LogP) is 1.13. The maximum atomic E-state index is 5.62. The van der Waals surface area contributed by atoms with E-state index in [1.807, 2.05) is 0 Å². The van der Waals surface area contributed by atoms with Crippen molar-refractivity contribution < 1.29 is 4.74 Å². The Balaban J connectivity index is 1.92. The van der Waals surface area contributed by atoms with E-state index in [2.05, 4.69) is 12.2 Å². The van der Waals surface area contributed by atoms with Gasteiger partial charge >= 0.3 is 0 Å². The Bertz CT molecular complexity index is 127. The lowest BCUT2D eigenvalue weighted by molar-refractivity contribution is 0.104. The number of rotatable bonds is 7. The molecule has 3 N–H and O–H groups in total. The van der Waals surface area contributed by atoms with Crippen LogP contribution in [0.2, 0.25) is 0 Å². The fourth-order valence-corrected chi connectivity index (χ4v) is 1.84. The summed E-state index contributed by atoms with van der Waals surface area (Å²) >= 11 is 0. The summed E-state index contributed by atoms with van der Waals surface area (Å²) in [6, 6.07) is 0. The molecule has 0 aromatic heterocycles. The summed E-state index contributed by atoms with van der Waals surface area (Å²) in [5, 5.41) is 3.45. The van der Waals surface area contributed by atoms with Crippen LogP contribution in [0.25, 0.3) is 0 Å². The molecule has 14 heavy (non-hydrogen) atoms. The molecule has 0 amide bonds. The van der Waals surface area contributed by atoms with E-state index in [1.54, 1.807) is 0 Å². The second-order valence-electron chi connectivity index (χ2n) is 4.14. The number of hydrogen-bond donors (Lipinski definition) is 2. The summed E-state index contributed by atoms with van der Waals surface area (Å²) < 4.78 is 5.55. The Hall–Kier alpha value is -0.120. The van der Waals surface area contributed by atoms with E-state index in [4.69, 9.17) is 10.5 Å². The molecule has 1 rings (SSSR count). The van der Waals surface area contributed by atoms with Gasteiger partial charge in [-0.05, 0) is 44.8 Å². The molecular formula is C11H24N2O. The predicted molar refractivity (Wildman–Crippen MR) is 59.3 cm³/mol. The minimum absolute atomic E-state index is 0.514. The molecule has 0 aromatic rings. The number of hydrogen-bond acceptors (Lipinski definition) is 3. The van der Waals surface area contributed by atoms with Gasteiger partial charge in [0, 0.05) is 6.61 Å². The van der Waals surface area contributed by atoms with Crippen LogP contribution in [0.3, 0.4) is 0 Å². The molecule has 0 saturated carbocycles. The van der Waals surface area contributed by atoms with Gasteiger partial charge in [-0.1, -0.05) is 13.3 Å². The first-order chi connectivity index (χ1) is 6.86. The van der Waals surface area contributed by atoms with Gasteiger partial charge in [0.15, 0.2) is 0 Å². The zero-order valence-electron chi connectivity index (χ0n) is 9.30. The van der Waals surface area contributed by atoms with Crippen LogP contribution >= 0.6 is 0 Å². The molecule has 3 heteroatoms. The summed E-state index contributed by atoms with van der Waals surface area (Å²) in [5.41, 5.74) is 5.62. The normalized spacial score (nSPS) is 24.0. The smallest absolute Gasteiger partial charge is 0.0588 e. The third kappa shape index (κ3) is 4.40. The fraction of sp³-hybridized carbons (Fsp3) is 1.00. The second kappa shape index (κ2) is 7.21. The summed E-state index contributed by atoms with van der Waals surface area (Å²) in [6.07, 6.45) is 5.33. The van der Waals surface area contributed by atoms with Crippen molar-refractivity contribution in [3.8, 4) is 0 Å². The minimum atomic E-state index is 0.514. The minimum Gasteiger partial charge on any atom is -0.378 e. The van der Waals surface area contributed by atoms with E-state index in [1.165, 1.54) is 19.3 Å². The lowest BCUT2D eigenvalue weighted by atomic mass is 10.1. The van der Waals surface area contributed by atoms with Gasteiger partial charge in [-0.2, -0.15) is 0 Å². The first-order valence-corrected chi connectivity index (χ1v) is 5.89. The maximum absolute atomic E-state index is 5.62. The zero-order valence-corrected chi connectivity index (χ0v) is 9.30. The zero-order chi connectivity index (χ0) is 10.2. The van der Waals surface area contributed by atoms with Crippen LogP contribution in [0.5, 0.6) is 0 Å². The van der Waals surface area contributed by atoms with Crippen LogP contribution in [0.1, 0.15) is 32.6 Å². The molecule has 2 unspecified atom stereocenters. The van der Waals surface area contributed by atoms with Crippen LogP contribution in [-0.2, 0) is 4.74 Å². The Kier molecular flexibility index (Phi) is 6.15. The first kappa shape index (κ1) is 12.0. The molecule has 1 heterocycles. The van der Waals surface area contributed by atoms with Crippen molar-refractivity contribution >= 4 is 0 Å². The molecule has 1 fully saturated rings. The third-order valence-corrected chi connectivity index (χ3v) is 3.01. The molecule has 1 saturated heterocycles. The van der Waals surface area contributed by atoms with Gasteiger partial charge in [0.2, 0.25) is 0 Å². The van der Waals surface area contributed by atoms with E-state index in [-0.39, 0.29) is 0 Å². The Labute approximate surface area is 87.4 Å². The molecule has 0 spiro atoms. The summed E-state index contributed by atoms with van der Waals surface area (Å²) in [6.45, 7) is 6.08. The highest BCUT2D eigenvalue weighted by atomic mass is 16.5. The van der Waals surface area contributed by atoms with Crippen molar-refractivity contribution in [1.29, 1.82) is 0 Å². The van der Waals surface area contributed by atoms with E-state index < -0.39 is 0 Å². The largest absolute Gasteiger partial charge is 0.378 e. The van der Waals surface area contributed by atoms with Gasteiger partial charge in [0.1, 0.15) is 0 Å². The molecule has 2 atom stereocenters. The number of nitrogens with two attached hydrogens (primary N) is 1. The van der Waals surface area contributed by atoms with Gasteiger partial charge in [-0.25, -0.2) is 0 Å². The summed E-state index contributed by atoms with van der Waals surface area (Å²) in [5.74, 6) is 0.638. The van der Waals surface area contributed by atoms with E-state index in [0.717, 1.165) is 32.7 Å². The van der Waals surface area contributed by atoms with Gasteiger partial charge in [0.25, 0.3) is 0 Å². The maximum Gasteiger partial charge on any atom is 0.0588 e. The molecule has 0 aliphatic carbocycles. The average molecular weight is 200 g/mol. The van der Waals surface area contributed by atoms with Crippen LogP contribution < -0.4 is 11.1 Å². The monoisotopic (exact) mass is 200 g/mol. The Morgan fingerprint density at radius 1 is 1.57 bits per heavy atom. The first-order valence-electron chi connectivity index (χ1n) is 5.89. The van der Waals surface area contributed by atoms with Gasteiger partial charge < -0.3 is 15.8 Å². The molecular weight excluding hydrogens is 176 g/mol. The van der Waals surface area contributed by atoms with Crippen LogP contribution in [0.4, 0.5) is 0 Å². The highest BCUT2D eigenvalue weighted by Gasteiger charge is 2.14. The van der Waals surface area contributed by atoms with Crippen molar-refractivity contribution in [3.63, 3.8) is 0 Å². The standard InChI is InChI=1S/C11H24N2O/c1-2-10(8-12)9-13-6-5-11-4-3-7-14-11/h10-11,13H,2-9,12H2,1H3. The Morgan fingerprint density at radius 3 is 3.00 bits per heavy atom. The van der Waals surface area contributed by atoms with Crippen molar-refractivity contribution in [1.82, 2.24) is 5.32 Å². The third-order valence-electron chi connectivity index (χ3n) is 3.01. The molecule has 1 aliphatic heterocycles. The quantitative estimate of drug-likeness (QED) is 0.606. The molecule has 0 radical (unpaired) electrons. The van der Waals surface area contributed by atoms with Crippen LogP contribution in [0, 0.1) is 5.92 Å². The lowest BCUT2D eigenvalue weighted by Crippen LogP contribution is -2.29. The molecule has 3 nitrogen and oxygen atoms in total. The van der Waals surface area contributed by atoms with Crippen molar-refractivity contribution in [3.05, 3.63) is 0 Å². The van der Waals surface area contributed by atoms with Crippen molar-refractivity contribution in [2.45, 2.75) is 38.7 Å². The topological polar surface area (TPSA) is 47.3 Å². The number of nitrogens with one attached hydrogen (secondary N) is 1. The highest BCUT2D eigenvalue weighted by Crippen LogP contribution is 2.14. The van der Waals surface area contributed by atoms with Crippen LogP contribution in [-0.4, -0.2) is 32.3 Å². The van der Waals surface area contributed by atoms with E-state index >= 15 is 0 Å². The van der Waals surface area contributed by atoms with Crippen LogP contribution in [0.15, 0.2) is 0 Å². The average Bonchev–Trinajstić information content (AvgIpc) is 2.71. The Morgan fingerprint density at radius 2 is 2.43 bits per heavy atom. The number of ether oxygens (including phenoxy) is 1. The molecule has 0 aromatic carbocycles. The van der Waals surface area contributed by atoms with Gasteiger partial charge in [-0.15, -0.1) is 0 Å². The van der Waals surface area contributed by atoms with E-state index in [0.29, 0.717) is 12.0 Å². The highest BCUT2D eigenvalue weighted by molar-refractivity contribution is 4.67. The SMILES string of the molecule is CCC(CN)CNCCC1CCCO1. The van der Waals surface area contributed by atoms with Crippen molar-refractivity contribution in [2.24, 2.45) is 11.7 Å². The summed E-state index contributed by atoms with van der Waals surface area (Å²) in [7, 11) is 0. The van der Waals surface area contributed by atoms with Gasteiger partial charge in [-0.3, -0.25) is 0 Å². The van der Waals surface area contributed by atoms with Crippen molar-refractivity contribution in [2.75, 3.05) is 26.2 Å². The molecule has 0 bridgehead atoms. The summed E-state index contributed by atoms with van der Waals surface area (Å²) in [4.78, 5) is 0. The second-order valence-corrected chi connectivity index (χ2v) is 4.14. The molecule has 84 valence electrons. The van der Waals surface area contributed by atoms with E-state index in [9.17, 15) is 0 Å².